The lowest BCUT2D eigenvalue weighted by Gasteiger charge is -2.50. The summed E-state index contributed by atoms with van der Waals surface area (Å²) in [5, 5.41) is 45.4. The van der Waals surface area contributed by atoms with Crippen LogP contribution in [0.5, 0.6) is 5.75 Å². The first-order valence-corrected chi connectivity index (χ1v) is 12.8. The molecule has 0 aromatic heterocycles. The van der Waals surface area contributed by atoms with Crippen molar-refractivity contribution in [1.29, 1.82) is 0 Å². The van der Waals surface area contributed by atoms with Crippen LogP contribution in [0.3, 0.4) is 0 Å². The molecule has 38 heavy (non-hydrogen) atoms. The third-order valence-corrected chi connectivity index (χ3v) is 8.62. The average Bonchev–Trinajstić information content (AvgIpc) is 2.84. The van der Waals surface area contributed by atoms with Gasteiger partial charge in [-0.05, 0) is 50.9 Å². The molecule has 0 radical (unpaired) electrons. The van der Waals surface area contributed by atoms with Crippen molar-refractivity contribution in [2.75, 3.05) is 27.2 Å². The Morgan fingerprint density at radius 3 is 2.55 bits per heavy atom. The fourth-order valence-electron chi connectivity index (χ4n) is 6.52. The number of nitrogens with zero attached hydrogens (tertiary/aromatic N) is 2. The van der Waals surface area contributed by atoms with Crippen molar-refractivity contribution in [2.45, 2.75) is 37.5 Å². The van der Waals surface area contributed by atoms with Gasteiger partial charge in [-0.3, -0.25) is 24.2 Å². The van der Waals surface area contributed by atoms with Gasteiger partial charge in [0.1, 0.15) is 22.8 Å². The number of nitrogens with two attached hydrogens (primary N) is 1. The van der Waals surface area contributed by atoms with Crippen LogP contribution in [0.2, 0.25) is 5.02 Å². The van der Waals surface area contributed by atoms with E-state index in [1.54, 1.807) is 20.2 Å². The molecule has 10 nitrogen and oxygen atoms in total. The van der Waals surface area contributed by atoms with E-state index >= 15 is 0 Å². The number of hydrogen-bond acceptors (Lipinski definition) is 9. The number of carbonyl (C=O) groups excluding carboxylic acids is 3. The lowest BCUT2D eigenvalue weighted by atomic mass is 9.58. The quantitative estimate of drug-likeness (QED) is 0.280. The van der Waals surface area contributed by atoms with Crippen molar-refractivity contribution < 1.29 is 34.8 Å². The van der Waals surface area contributed by atoms with Gasteiger partial charge in [0.05, 0.1) is 11.6 Å². The van der Waals surface area contributed by atoms with Gasteiger partial charge in [0.25, 0.3) is 5.91 Å². The molecule has 11 heteroatoms. The molecule has 4 atom stereocenters. The molecular formula is C27H30ClN3O7. The van der Waals surface area contributed by atoms with Crippen LogP contribution in [0.15, 0.2) is 40.9 Å². The largest absolute Gasteiger partial charge is 0.510 e. The summed E-state index contributed by atoms with van der Waals surface area (Å²) < 4.78 is 0. The first-order valence-electron chi connectivity index (χ1n) is 12.4. The fourth-order valence-corrected chi connectivity index (χ4v) is 6.82. The zero-order valence-electron chi connectivity index (χ0n) is 21.1. The number of amides is 1. The zero-order chi connectivity index (χ0) is 27.7. The highest BCUT2D eigenvalue weighted by atomic mass is 35.5. The molecule has 0 unspecified atom stereocenters. The number of allylic oxidation sites excluding steroid dienone is 1. The van der Waals surface area contributed by atoms with Crippen molar-refractivity contribution in [3.8, 4) is 5.75 Å². The minimum absolute atomic E-state index is 0.0186. The number of aromatic hydroxyl groups is 1. The number of phenols is 1. The summed E-state index contributed by atoms with van der Waals surface area (Å²) in [4.78, 5) is 42.9. The van der Waals surface area contributed by atoms with Gasteiger partial charge < -0.3 is 26.2 Å². The molecule has 5 rings (SSSR count). The van der Waals surface area contributed by atoms with Crippen LogP contribution >= 0.6 is 11.6 Å². The average molecular weight is 544 g/mol. The minimum Gasteiger partial charge on any atom is -0.510 e. The first-order chi connectivity index (χ1) is 17.9. The predicted octanol–water partition coefficient (Wildman–Crippen LogP) is 1.54. The van der Waals surface area contributed by atoms with Crippen molar-refractivity contribution >= 4 is 29.1 Å². The third-order valence-electron chi connectivity index (χ3n) is 8.28. The number of aliphatic hydroxyl groups is 3. The van der Waals surface area contributed by atoms with E-state index < -0.39 is 58.0 Å². The van der Waals surface area contributed by atoms with E-state index in [0.29, 0.717) is 29.2 Å². The topological polar surface area (TPSA) is 165 Å². The number of benzene rings is 1. The molecule has 0 spiro atoms. The molecule has 0 bridgehead atoms. The zero-order valence-corrected chi connectivity index (χ0v) is 21.8. The Hall–Kier alpha value is -3.18. The molecule has 1 amide bonds. The number of halogens is 1. The Morgan fingerprint density at radius 2 is 1.95 bits per heavy atom. The molecule has 202 valence electrons. The van der Waals surface area contributed by atoms with E-state index in [1.165, 1.54) is 4.90 Å². The fraction of sp³-hybridized carbons (Fsp3) is 0.444. The molecule has 6 N–H and O–H groups in total. The molecular weight excluding hydrogens is 514 g/mol. The highest BCUT2D eigenvalue weighted by Crippen LogP contribution is 2.53. The van der Waals surface area contributed by atoms with Gasteiger partial charge in [-0.25, -0.2) is 0 Å². The van der Waals surface area contributed by atoms with Gasteiger partial charge in [-0.1, -0.05) is 23.8 Å². The smallest absolute Gasteiger partial charge is 0.255 e. The van der Waals surface area contributed by atoms with Crippen LogP contribution in [0, 0.1) is 11.8 Å². The van der Waals surface area contributed by atoms with Crippen molar-refractivity contribution in [3.63, 3.8) is 0 Å². The Bertz CT molecular complexity index is 1360. The molecule has 1 aromatic carbocycles. The minimum atomic E-state index is -2.66. The number of carbonyl (C=O) groups is 3. The second kappa shape index (κ2) is 9.23. The maximum absolute atomic E-state index is 13.9. The number of aliphatic hydroxyl groups excluding tert-OH is 2. The van der Waals surface area contributed by atoms with Crippen LogP contribution in [-0.2, 0) is 22.6 Å². The summed E-state index contributed by atoms with van der Waals surface area (Å²) >= 11 is 6.63. The number of ketones is 2. The molecule has 0 saturated carbocycles. The lowest BCUT2D eigenvalue weighted by Crippen LogP contribution is -2.63. The highest BCUT2D eigenvalue weighted by molar-refractivity contribution is 6.33. The van der Waals surface area contributed by atoms with Crippen LogP contribution in [0.25, 0.3) is 0 Å². The van der Waals surface area contributed by atoms with Crippen LogP contribution < -0.4 is 5.73 Å². The lowest BCUT2D eigenvalue weighted by molar-refractivity contribution is -0.148. The number of primary amides is 1. The molecule has 0 saturated heterocycles. The van der Waals surface area contributed by atoms with Gasteiger partial charge >= 0.3 is 0 Å². The van der Waals surface area contributed by atoms with E-state index in [1.807, 2.05) is 6.08 Å². The summed E-state index contributed by atoms with van der Waals surface area (Å²) in [5.74, 6) is -6.74. The second-order valence-corrected chi connectivity index (χ2v) is 11.1. The number of likely N-dealkylation sites (N-methyl/N-ethyl adjacent to an activating group) is 1. The molecule has 3 aliphatic carbocycles. The molecule has 4 aliphatic rings. The van der Waals surface area contributed by atoms with Crippen LogP contribution in [0.1, 0.15) is 34.3 Å². The molecule has 0 fully saturated rings. The van der Waals surface area contributed by atoms with Crippen LogP contribution in [-0.4, -0.2) is 86.5 Å². The number of fused-ring (bicyclic) bond motifs is 3. The van der Waals surface area contributed by atoms with Crippen molar-refractivity contribution in [1.82, 2.24) is 9.80 Å². The summed E-state index contributed by atoms with van der Waals surface area (Å²) in [7, 11) is 3.17. The Morgan fingerprint density at radius 1 is 1.24 bits per heavy atom. The Labute approximate surface area is 224 Å². The highest BCUT2D eigenvalue weighted by Gasteiger charge is 2.63. The Kier molecular flexibility index (Phi) is 6.42. The van der Waals surface area contributed by atoms with Gasteiger partial charge in [-0.15, -0.1) is 0 Å². The van der Waals surface area contributed by atoms with E-state index in [2.05, 4.69) is 11.0 Å². The standard InChI is InChI=1S/C27H30ClN3O7/c1-30(2)20-15-9-12-8-14-16(28)10-13(11-31-6-4-3-5-7-31)21(32)18(14)22(33)17(12)24(35)27(15,38)25(36)19(23(20)34)26(29)37/h3-4,10,12,15,20,32,34-35,38H,5-9,11H2,1-2H3,(H2,29,37)/t12-,15-,20+,27-/m0/s1. The summed E-state index contributed by atoms with van der Waals surface area (Å²) in [6, 6.07) is 0.612. The van der Waals surface area contributed by atoms with Gasteiger partial charge in [-0.2, -0.15) is 0 Å². The molecule has 1 aromatic rings. The Balaban J connectivity index is 1.64. The van der Waals surface area contributed by atoms with E-state index in [-0.39, 0.29) is 29.7 Å². The van der Waals surface area contributed by atoms with Crippen molar-refractivity contribution in [3.05, 3.63) is 62.6 Å². The van der Waals surface area contributed by atoms with E-state index in [0.717, 1.165) is 13.0 Å². The number of hydrogen-bond donors (Lipinski definition) is 5. The maximum atomic E-state index is 13.9. The summed E-state index contributed by atoms with van der Waals surface area (Å²) in [6.07, 6.45) is 5.13. The van der Waals surface area contributed by atoms with Gasteiger partial charge in [0.2, 0.25) is 5.78 Å². The van der Waals surface area contributed by atoms with Crippen LogP contribution in [0.4, 0.5) is 0 Å². The number of rotatable bonds is 4. The normalized spacial score (nSPS) is 29.4. The van der Waals surface area contributed by atoms with Gasteiger partial charge in [0.15, 0.2) is 11.4 Å². The summed E-state index contributed by atoms with van der Waals surface area (Å²) in [6.45, 7) is 1.81. The van der Waals surface area contributed by atoms with Crippen molar-refractivity contribution in [2.24, 2.45) is 17.6 Å². The molecule has 1 aliphatic heterocycles. The predicted molar refractivity (Wildman–Crippen MR) is 138 cm³/mol. The van der Waals surface area contributed by atoms with Gasteiger partial charge in [0, 0.05) is 41.7 Å². The molecule has 1 heterocycles. The summed E-state index contributed by atoms with van der Waals surface area (Å²) in [5.41, 5.74) is 2.47. The van der Waals surface area contributed by atoms with E-state index in [4.69, 9.17) is 17.3 Å². The second-order valence-electron chi connectivity index (χ2n) is 10.7. The first kappa shape index (κ1) is 26.4. The van der Waals surface area contributed by atoms with E-state index in [9.17, 15) is 34.8 Å². The number of Topliss-reactive ketones (excluding diaryl/α,β-unsaturated/α-hetero) is 2. The third kappa shape index (κ3) is 3.70. The maximum Gasteiger partial charge on any atom is 0.255 e. The number of phenolic OH excluding ortho intramolecular Hbond substituents is 1. The monoisotopic (exact) mass is 543 g/mol. The SMILES string of the molecule is CN(C)[C@H]1C(O)=C(C(N)=O)C(=O)[C@@]2(O)C(O)=C3C(=O)c4c(O)c(CN5CC=CCC5)cc(Cl)c4C[C@H]3C[C@@H]12.